The normalized spacial score (nSPS) is 12.0. The van der Waals surface area contributed by atoms with E-state index in [9.17, 15) is 19.2 Å². The van der Waals surface area contributed by atoms with Crippen molar-refractivity contribution in [3.05, 3.63) is 33.1 Å². The molecule has 0 saturated heterocycles. The highest BCUT2D eigenvalue weighted by Crippen LogP contribution is 2.05. The van der Waals surface area contributed by atoms with Crippen LogP contribution in [-0.2, 0) is 23.2 Å². The Morgan fingerprint density at radius 3 is 2.52 bits per heavy atom. The van der Waals surface area contributed by atoms with E-state index >= 15 is 0 Å². The monoisotopic (exact) mass is 297 g/mol. The molecule has 21 heavy (non-hydrogen) atoms. The maximum atomic E-state index is 12.2. The van der Waals surface area contributed by atoms with E-state index in [1.165, 1.54) is 24.2 Å². The summed E-state index contributed by atoms with van der Waals surface area (Å²) in [5.41, 5.74) is -1.03. The SMILES string of the molecule is CCN(C(=O)Cn1ccc(=O)n(C)c1=O)C(C)CC(=O)O. The van der Waals surface area contributed by atoms with Crippen molar-refractivity contribution >= 4 is 11.9 Å². The van der Waals surface area contributed by atoms with E-state index in [-0.39, 0.29) is 18.9 Å². The molecule has 0 spiro atoms. The van der Waals surface area contributed by atoms with Gasteiger partial charge in [-0.3, -0.25) is 23.5 Å². The molecular weight excluding hydrogens is 278 g/mol. The number of likely N-dealkylation sites (N-methyl/N-ethyl adjacent to an activating group) is 1. The van der Waals surface area contributed by atoms with E-state index in [0.29, 0.717) is 6.54 Å². The lowest BCUT2D eigenvalue weighted by atomic mass is 10.2. The number of carbonyl (C=O) groups excluding carboxylic acids is 1. The van der Waals surface area contributed by atoms with Gasteiger partial charge in [-0.05, 0) is 13.8 Å². The highest BCUT2D eigenvalue weighted by Gasteiger charge is 2.21. The summed E-state index contributed by atoms with van der Waals surface area (Å²) in [6, 6.07) is 0.731. The minimum atomic E-state index is -0.993. The third-order valence-electron chi connectivity index (χ3n) is 3.23. The van der Waals surface area contributed by atoms with Gasteiger partial charge in [0.05, 0.1) is 6.42 Å². The van der Waals surface area contributed by atoms with Gasteiger partial charge in [-0.2, -0.15) is 0 Å². The van der Waals surface area contributed by atoms with Gasteiger partial charge in [0.1, 0.15) is 6.54 Å². The lowest BCUT2D eigenvalue weighted by Crippen LogP contribution is -2.44. The summed E-state index contributed by atoms with van der Waals surface area (Å²) in [6.45, 7) is 3.48. The molecular formula is C13H19N3O5. The largest absolute Gasteiger partial charge is 0.481 e. The van der Waals surface area contributed by atoms with Gasteiger partial charge in [0.25, 0.3) is 5.56 Å². The fourth-order valence-electron chi connectivity index (χ4n) is 2.07. The molecule has 0 aliphatic carbocycles. The summed E-state index contributed by atoms with van der Waals surface area (Å²) in [6.07, 6.45) is 1.10. The van der Waals surface area contributed by atoms with Crippen LogP contribution >= 0.6 is 0 Å². The standard InChI is InChI=1S/C13H19N3O5/c1-4-16(9(2)7-12(19)20)11(18)8-15-6-5-10(17)14(3)13(15)21/h5-6,9H,4,7-8H2,1-3H3,(H,19,20). The summed E-state index contributed by atoms with van der Waals surface area (Å²) in [5, 5.41) is 8.78. The Balaban J connectivity index is 2.94. The third kappa shape index (κ3) is 4.04. The summed E-state index contributed by atoms with van der Waals surface area (Å²) in [4.78, 5) is 47.4. The minimum Gasteiger partial charge on any atom is -0.481 e. The van der Waals surface area contributed by atoms with Crippen LogP contribution < -0.4 is 11.2 Å². The molecule has 0 radical (unpaired) electrons. The number of carbonyl (C=O) groups is 2. The Bertz CT molecular complexity index is 646. The average Bonchev–Trinajstić information content (AvgIpc) is 2.39. The second-order valence-electron chi connectivity index (χ2n) is 4.75. The van der Waals surface area contributed by atoms with E-state index in [4.69, 9.17) is 5.11 Å². The van der Waals surface area contributed by atoms with Crippen LogP contribution in [0.15, 0.2) is 21.9 Å². The first-order valence-electron chi connectivity index (χ1n) is 6.55. The Morgan fingerprint density at radius 2 is 2.00 bits per heavy atom. The van der Waals surface area contributed by atoms with Gasteiger partial charge < -0.3 is 10.0 Å². The first-order valence-corrected chi connectivity index (χ1v) is 6.55. The molecule has 1 unspecified atom stereocenters. The molecule has 116 valence electrons. The van der Waals surface area contributed by atoms with Crippen LogP contribution in [0, 0.1) is 0 Å². The zero-order valence-corrected chi connectivity index (χ0v) is 12.3. The predicted octanol–water partition coefficient (Wildman–Crippen LogP) is -0.741. The molecule has 1 N–H and O–H groups in total. The van der Waals surface area contributed by atoms with E-state index in [2.05, 4.69) is 0 Å². The van der Waals surface area contributed by atoms with Crippen molar-refractivity contribution in [2.45, 2.75) is 32.9 Å². The number of aromatic nitrogens is 2. The van der Waals surface area contributed by atoms with Crippen molar-refractivity contribution in [3.8, 4) is 0 Å². The number of hydrogen-bond acceptors (Lipinski definition) is 4. The van der Waals surface area contributed by atoms with Crippen LogP contribution in [0.1, 0.15) is 20.3 Å². The molecule has 1 atom stereocenters. The number of rotatable bonds is 6. The molecule has 0 saturated carbocycles. The highest BCUT2D eigenvalue weighted by atomic mass is 16.4. The average molecular weight is 297 g/mol. The third-order valence-corrected chi connectivity index (χ3v) is 3.23. The van der Waals surface area contributed by atoms with Gasteiger partial charge >= 0.3 is 11.7 Å². The minimum absolute atomic E-state index is 0.165. The Labute approximate surface area is 121 Å². The van der Waals surface area contributed by atoms with Gasteiger partial charge in [0, 0.05) is 31.9 Å². The van der Waals surface area contributed by atoms with E-state index < -0.39 is 23.3 Å². The Hall–Kier alpha value is -2.38. The second kappa shape index (κ2) is 6.87. The van der Waals surface area contributed by atoms with Crippen molar-refractivity contribution < 1.29 is 14.7 Å². The predicted molar refractivity (Wildman–Crippen MR) is 75.0 cm³/mol. The summed E-state index contributed by atoms with van der Waals surface area (Å²) >= 11 is 0. The number of hydrogen-bond donors (Lipinski definition) is 1. The number of nitrogens with zero attached hydrogens (tertiary/aromatic N) is 3. The molecule has 8 nitrogen and oxygen atoms in total. The molecule has 1 aromatic heterocycles. The fraction of sp³-hybridized carbons (Fsp3) is 0.538. The molecule has 0 fully saturated rings. The number of carboxylic acid groups (broad SMARTS) is 1. The summed E-state index contributed by atoms with van der Waals surface area (Å²) in [7, 11) is 1.33. The Morgan fingerprint density at radius 1 is 1.38 bits per heavy atom. The smallest absolute Gasteiger partial charge is 0.331 e. The van der Waals surface area contributed by atoms with Crippen molar-refractivity contribution in [2.24, 2.45) is 7.05 Å². The van der Waals surface area contributed by atoms with Crippen LogP contribution in [0.5, 0.6) is 0 Å². The molecule has 0 aliphatic rings. The number of aliphatic carboxylic acids is 1. The maximum Gasteiger partial charge on any atom is 0.331 e. The van der Waals surface area contributed by atoms with Crippen LogP contribution in [0.25, 0.3) is 0 Å². The van der Waals surface area contributed by atoms with E-state index in [1.54, 1.807) is 13.8 Å². The first kappa shape index (κ1) is 16.7. The summed E-state index contributed by atoms with van der Waals surface area (Å²) < 4.78 is 2.03. The van der Waals surface area contributed by atoms with Crippen molar-refractivity contribution in [3.63, 3.8) is 0 Å². The lowest BCUT2D eigenvalue weighted by molar-refractivity contribution is -0.140. The van der Waals surface area contributed by atoms with Crippen molar-refractivity contribution in [1.29, 1.82) is 0 Å². The van der Waals surface area contributed by atoms with Gasteiger partial charge in [0.15, 0.2) is 0 Å². The number of carboxylic acids is 1. The highest BCUT2D eigenvalue weighted by molar-refractivity contribution is 5.77. The van der Waals surface area contributed by atoms with E-state index in [1.807, 2.05) is 0 Å². The van der Waals surface area contributed by atoms with Crippen LogP contribution in [0.4, 0.5) is 0 Å². The lowest BCUT2D eigenvalue weighted by Gasteiger charge is -2.27. The van der Waals surface area contributed by atoms with Gasteiger partial charge in [-0.25, -0.2) is 4.79 Å². The van der Waals surface area contributed by atoms with Gasteiger partial charge in [-0.15, -0.1) is 0 Å². The molecule has 1 amide bonds. The molecule has 0 aliphatic heterocycles. The fourth-order valence-corrected chi connectivity index (χ4v) is 2.07. The van der Waals surface area contributed by atoms with Gasteiger partial charge in [0.2, 0.25) is 5.91 Å². The second-order valence-corrected chi connectivity index (χ2v) is 4.75. The molecule has 1 rings (SSSR count). The van der Waals surface area contributed by atoms with E-state index in [0.717, 1.165) is 9.13 Å². The van der Waals surface area contributed by atoms with Crippen LogP contribution in [0.2, 0.25) is 0 Å². The first-order chi connectivity index (χ1) is 9.77. The molecule has 8 heteroatoms. The molecule has 0 aromatic carbocycles. The van der Waals surface area contributed by atoms with Crippen LogP contribution in [-0.4, -0.2) is 43.6 Å². The van der Waals surface area contributed by atoms with Crippen LogP contribution in [0.3, 0.4) is 0 Å². The maximum absolute atomic E-state index is 12.2. The quantitative estimate of drug-likeness (QED) is 0.745. The summed E-state index contributed by atoms with van der Waals surface area (Å²) in [5.74, 6) is -1.36. The molecule has 1 aromatic rings. The molecule has 1 heterocycles. The van der Waals surface area contributed by atoms with Gasteiger partial charge in [-0.1, -0.05) is 0 Å². The topological polar surface area (TPSA) is 102 Å². The van der Waals surface area contributed by atoms with Crippen molar-refractivity contribution in [2.75, 3.05) is 6.54 Å². The zero-order chi connectivity index (χ0) is 16.2. The van der Waals surface area contributed by atoms with Crippen molar-refractivity contribution in [1.82, 2.24) is 14.0 Å². The molecule has 0 bridgehead atoms. The zero-order valence-electron chi connectivity index (χ0n) is 12.3. The number of amides is 1. The Kier molecular flexibility index (Phi) is 5.45.